The van der Waals surface area contributed by atoms with Gasteiger partial charge in [0.2, 0.25) is 0 Å². The summed E-state index contributed by atoms with van der Waals surface area (Å²) >= 11 is 0. The Morgan fingerprint density at radius 3 is 2.56 bits per heavy atom. The molecule has 52 valence electrons. The highest BCUT2D eigenvalue weighted by molar-refractivity contribution is 5.54. The van der Waals surface area contributed by atoms with Crippen molar-refractivity contribution in [3.8, 4) is 0 Å². The van der Waals surface area contributed by atoms with E-state index in [-0.39, 0.29) is 0 Å². The largest absolute Gasteiger partial charge is 0.242 e. The minimum atomic E-state index is 0.791. The summed E-state index contributed by atoms with van der Waals surface area (Å²) in [4.78, 5) is 0. The van der Waals surface area contributed by atoms with Crippen LogP contribution in [0.2, 0.25) is 0 Å². The fourth-order valence-electron chi connectivity index (χ4n) is 1.76. The average Bonchev–Trinajstić information content (AvgIpc) is 1.59. The van der Waals surface area contributed by atoms with Gasteiger partial charge in [-0.2, -0.15) is 0 Å². The van der Waals surface area contributed by atoms with Crippen molar-refractivity contribution in [1.29, 1.82) is 0 Å². The number of rotatable bonds is 0. The summed E-state index contributed by atoms with van der Waals surface area (Å²) in [6.45, 7) is 5.84. The van der Waals surface area contributed by atoms with Crippen LogP contribution >= 0.6 is 0 Å². The molecule has 1 rings (SSSR count). The average molecular weight is 126 g/mol. The van der Waals surface area contributed by atoms with Crippen molar-refractivity contribution in [3.63, 3.8) is 0 Å². The Kier molecular flexibility index (Phi) is 1.89. The lowest BCUT2D eigenvalue weighted by molar-refractivity contribution is -0.507. The Bertz CT molecular complexity index is 127. The molecule has 0 saturated carbocycles. The van der Waals surface area contributed by atoms with Crippen molar-refractivity contribution >= 4 is 6.21 Å². The topological polar surface area (TPSA) is 3.01 Å². The Balaban J connectivity index is 2.56. The first-order chi connectivity index (χ1) is 4.18. The van der Waals surface area contributed by atoms with E-state index in [0.29, 0.717) is 0 Å². The van der Waals surface area contributed by atoms with Gasteiger partial charge in [-0.25, -0.2) is 4.58 Å². The van der Waals surface area contributed by atoms with Crippen molar-refractivity contribution in [2.24, 2.45) is 11.8 Å². The first kappa shape index (κ1) is 6.79. The summed E-state index contributed by atoms with van der Waals surface area (Å²) in [7, 11) is 2.16. The van der Waals surface area contributed by atoms with Gasteiger partial charge in [0.1, 0.15) is 19.8 Å². The highest BCUT2D eigenvalue weighted by Crippen LogP contribution is 2.13. The molecule has 2 unspecified atom stereocenters. The summed E-state index contributed by atoms with van der Waals surface area (Å²) < 4.78 is 2.30. The zero-order valence-corrected chi connectivity index (χ0v) is 6.59. The molecule has 0 aromatic carbocycles. The molecule has 1 aliphatic rings. The SMILES string of the molecule is CC1C=[N+](C)CC(C)C1. The minimum absolute atomic E-state index is 0.791. The van der Waals surface area contributed by atoms with Gasteiger partial charge < -0.3 is 0 Å². The Morgan fingerprint density at radius 2 is 2.11 bits per heavy atom. The van der Waals surface area contributed by atoms with E-state index in [4.69, 9.17) is 0 Å². The molecule has 2 atom stereocenters. The van der Waals surface area contributed by atoms with Gasteiger partial charge in [0.15, 0.2) is 0 Å². The molecule has 0 saturated heterocycles. The van der Waals surface area contributed by atoms with Crippen molar-refractivity contribution in [3.05, 3.63) is 0 Å². The normalized spacial score (nSPS) is 36.1. The molecule has 1 nitrogen and oxygen atoms in total. The quantitative estimate of drug-likeness (QED) is 0.431. The maximum Gasteiger partial charge on any atom is 0.144 e. The molecule has 0 radical (unpaired) electrons. The van der Waals surface area contributed by atoms with E-state index in [2.05, 4.69) is 31.7 Å². The summed E-state index contributed by atoms with van der Waals surface area (Å²) in [5.74, 6) is 1.67. The predicted molar refractivity (Wildman–Crippen MR) is 40.1 cm³/mol. The summed E-state index contributed by atoms with van der Waals surface area (Å²) in [5, 5.41) is 0. The van der Waals surface area contributed by atoms with Crippen LogP contribution in [0.5, 0.6) is 0 Å². The van der Waals surface area contributed by atoms with Gasteiger partial charge in [-0.05, 0) is 6.42 Å². The van der Waals surface area contributed by atoms with Gasteiger partial charge in [0.05, 0.1) is 0 Å². The first-order valence-electron chi connectivity index (χ1n) is 3.73. The fraction of sp³-hybridized carbons (Fsp3) is 0.875. The number of nitrogens with zero attached hydrogens (tertiary/aromatic N) is 1. The fourth-order valence-corrected chi connectivity index (χ4v) is 1.76. The van der Waals surface area contributed by atoms with Crippen LogP contribution in [0, 0.1) is 11.8 Å². The summed E-state index contributed by atoms with van der Waals surface area (Å²) in [6.07, 6.45) is 3.68. The molecule has 0 aliphatic carbocycles. The Labute approximate surface area is 57.4 Å². The van der Waals surface area contributed by atoms with Crippen LogP contribution < -0.4 is 0 Å². The molecule has 0 spiro atoms. The van der Waals surface area contributed by atoms with Gasteiger partial charge in [0.25, 0.3) is 0 Å². The van der Waals surface area contributed by atoms with Crippen molar-refractivity contribution < 1.29 is 4.58 Å². The Hall–Kier alpha value is -0.330. The third-order valence-electron chi connectivity index (χ3n) is 1.88. The maximum absolute atomic E-state index is 2.32. The van der Waals surface area contributed by atoms with E-state index in [0.717, 1.165) is 11.8 Å². The molecule has 0 aromatic heterocycles. The van der Waals surface area contributed by atoms with Gasteiger partial charge in [-0.15, -0.1) is 0 Å². The van der Waals surface area contributed by atoms with Crippen LogP contribution in [-0.4, -0.2) is 24.4 Å². The number of hydrogen-bond donors (Lipinski definition) is 0. The standard InChI is InChI=1S/C8H16N/c1-7-4-8(2)6-9(3)5-7/h5,7-8H,4,6H2,1-3H3/q+1. The van der Waals surface area contributed by atoms with Crippen LogP contribution in [0.3, 0.4) is 0 Å². The number of hydrogen-bond acceptors (Lipinski definition) is 0. The lowest BCUT2D eigenvalue weighted by Gasteiger charge is -2.16. The Morgan fingerprint density at radius 1 is 1.44 bits per heavy atom. The predicted octanol–water partition coefficient (Wildman–Crippen LogP) is 1.38. The third-order valence-corrected chi connectivity index (χ3v) is 1.88. The van der Waals surface area contributed by atoms with Gasteiger partial charge in [-0.3, -0.25) is 0 Å². The van der Waals surface area contributed by atoms with Crippen molar-refractivity contribution in [2.75, 3.05) is 13.6 Å². The second-order valence-corrected chi connectivity index (χ2v) is 3.41. The first-order valence-corrected chi connectivity index (χ1v) is 3.73. The van der Waals surface area contributed by atoms with Crippen LogP contribution in [0.15, 0.2) is 0 Å². The monoisotopic (exact) mass is 126 g/mol. The zero-order valence-electron chi connectivity index (χ0n) is 6.59. The smallest absolute Gasteiger partial charge is 0.144 e. The molecule has 1 aliphatic heterocycles. The molecule has 1 heteroatoms. The van der Waals surface area contributed by atoms with E-state index >= 15 is 0 Å². The molecule has 0 N–H and O–H groups in total. The second kappa shape index (κ2) is 2.51. The third kappa shape index (κ3) is 1.81. The van der Waals surface area contributed by atoms with E-state index in [1.807, 2.05) is 0 Å². The van der Waals surface area contributed by atoms with Crippen LogP contribution in [0.25, 0.3) is 0 Å². The summed E-state index contributed by atoms with van der Waals surface area (Å²) in [5.41, 5.74) is 0. The molecule has 0 fully saturated rings. The highest BCUT2D eigenvalue weighted by atomic mass is 15.0. The van der Waals surface area contributed by atoms with E-state index < -0.39 is 0 Å². The molecule has 9 heavy (non-hydrogen) atoms. The van der Waals surface area contributed by atoms with E-state index in [1.54, 1.807) is 0 Å². The lowest BCUT2D eigenvalue weighted by atomic mass is 9.95. The lowest BCUT2D eigenvalue weighted by Crippen LogP contribution is -2.26. The molecule has 1 heterocycles. The van der Waals surface area contributed by atoms with E-state index in [9.17, 15) is 0 Å². The molecule has 0 aromatic rings. The van der Waals surface area contributed by atoms with Crippen LogP contribution in [0.1, 0.15) is 20.3 Å². The highest BCUT2D eigenvalue weighted by Gasteiger charge is 2.18. The van der Waals surface area contributed by atoms with Gasteiger partial charge in [0, 0.05) is 11.8 Å². The van der Waals surface area contributed by atoms with Gasteiger partial charge >= 0.3 is 0 Å². The minimum Gasteiger partial charge on any atom is -0.242 e. The summed E-state index contributed by atoms with van der Waals surface area (Å²) in [6, 6.07) is 0. The maximum atomic E-state index is 2.32. The molecular formula is C8H16N+. The van der Waals surface area contributed by atoms with Crippen LogP contribution in [-0.2, 0) is 0 Å². The zero-order chi connectivity index (χ0) is 6.85. The molecular weight excluding hydrogens is 110 g/mol. The molecule has 0 amide bonds. The second-order valence-electron chi connectivity index (χ2n) is 3.41. The van der Waals surface area contributed by atoms with E-state index in [1.165, 1.54) is 13.0 Å². The van der Waals surface area contributed by atoms with Gasteiger partial charge in [-0.1, -0.05) is 13.8 Å². The molecule has 0 bridgehead atoms. The van der Waals surface area contributed by atoms with Crippen molar-refractivity contribution in [2.45, 2.75) is 20.3 Å². The van der Waals surface area contributed by atoms with Crippen LogP contribution in [0.4, 0.5) is 0 Å². The van der Waals surface area contributed by atoms with Crippen molar-refractivity contribution in [1.82, 2.24) is 0 Å².